The third-order valence-corrected chi connectivity index (χ3v) is 4.39. The van der Waals surface area contributed by atoms with E-state index in [1.807, 2.05) is 0 Å². The number of nitrogens with one attached hydrogen (secondary N) is 1. The molecule has 0 fully saturated rings. The summed E-state index contributed by atoms with van der Waals surface area (Å²) in [5.74, 6) is -1.26. The van der Waals surface area contributed by atoms with Crippen molar-refractivity contribution >= 4 is 23.1 Å². The summed E-state index contributed by atoms with van der Waals surface area (Å²) >= 11 is 0. The van der Waals surface area contributed by atoms with Crippen LogP contribution in [0.3, 0.4) is 0 Å². The summed E-state index contributed by atoms with van der Waals surface area (Å²) < 4.78 is 7.23. The number of carbonyl (C=O) groups excluding carboxylic acids is 1. The molecule has 3 aromatic rings. The summed E-state index contributed by atoms with van der Waals surface area (Å²) in [4.78, 5) is 60.9. The molecule has 12 heteroatoms. The van der Waals surface area contributed by atoms with Crippen molar-refractivity contribution in [1.29, 1.82) is 0 Å². The summed E-state index contributed by atoms with van der Waals surface area (Å²) in [6, 6.07) is 1.66. The molecular weight excluding hydrogens is 420 g/mol. The second kappa shape index (κ2) is 8.57. The Kier molecular flexibility index (Phi) is 6.05. The van der Waals surface area contributed by atoms with Crippen molar-refractivity contribution < 1.29 is 19.4 Å². The number of aryl methyl sites for hydroxylation is 1. The van der Waals surface area contributed by atoms with E-state index in [9.17, 15) is 24.3 Å². The van der Waals surface area contributed by atoms with E-state index in [1.165, 1.54) is 42.5 Å². The molecule has 32 heavy (non-hydrogen) atoms. The van der Waals surface area contributed by atoms with E-state index < -0.39 is 35.0 Å². The number of nitrogens with zero attached hydrogens (tertiary/aromatic N) is 5. The molecule has 0 saturated carbocycles. The second-order valence-corrected chi connectivity index (χ2v) is 7.99. The van der Waals surface area contributed by atoms with E-state index in [4.69, 9.17) is 4.74 Å². The highest BCUT2D eigenvalue weighted by Gasteiger charge is 2.25. The predicted molar refractivity (Wildman–Crippen MR) is 113 cm³/mol. The lowest BCUT2D eigenvalue weighted by Gasteiger charge is -2.22. The second-order valence-electron chi connectivity index (χ2n) is 7.99. The van der Waals surface area contributed by atoms with Gasteiger partial charge in [0, 0.05) is 25.4 Å². The van der Waals surface area contributed by atoms with Gasteiger partial charge in [-0.25, -0.2) is 28.9 Å². The van der Waals surface area contributed by atoms with Gasteiger partial charge < -0.3 is 15.2 Å². The van der Waals surface area contributed by atoms with E-state index in [2.05, 4.69) is 20.3 Å². The number of pyridine rings is 1. The Morgan fingerprint density at radius 1 is 1.19 bits per heavy atom. The highest BCUT2D eigenvalue weighted by atomic mass is 16.6. The molecule has 0 bridgehead atoms. The van der Waals surface area contributed by atoms with Crippen LogP contribution in [0.4, 0.5) is 4.79 Å². The first-order chi connectivity index (χ1) is 15.0. The number of carboxylic acids is 1. The number of hydrogen-bond acceptors (Lipinski definition) is 8. The summed E-state index contributed by atoms with van der Waals surface area (Å²) in [7, 11) is 1.48. The number of ether oxygens (including phenoxy) is 1. The molecule has 3 rings (SSSR count). The van der Waals surface area contributed by atoms with Crippen molar-refractivity contribution in [3.05, 3.63) is 57.4 Å². The minimum atomic E-state index is -1.28. The number of aliphatic carboxylic acids is 1. The van der Waals surface area contributed by atoms with Crippen LogP contribution in [0, 0.1) is 0 Å². The number of amides is 1. The molecule has 3 aromatic heterocycles. The molecule has 0 aliphatic rings. The van der Waals surface area contributed by atoms with E-state index in [1.54, 1.807) is 20.8 Å². The normalized spacial score (nSPS) is 12.4. The summed E-state index contributed by atoms with van der Waals surface area (Å²) in [5.41, 5.74) is -1.28. The fraction of sp³-hybridized carbons (Fsp3) is 0.350. The van der Waals surface area contributed by atoms with Crippen molar-refractivity contribution in [2.45, 2.75) is 38.8 Å². The van der Waals surface area contributed by atoms with Crippen molar-refractivity contribution in [3.8, 4) is 5.69 Å². The van der Waals surface area contributed by atoms with Gasteiger partial charge in [0.1, 0.15) is 23.4 Å². The van der Waals surface area contributed by atoms with Gasteiger partial charge in [0.15, 0.2) is 5.65 Å². The van der Waals surface area contributed by atoms with Crippen LogP contribution in [0.15, 0.2) is 40.4 Å². The summed E-state index contributed by atoms with van der Waals surface area (Å²) in [5, 5.41) is 11.9. The van der Waals surface area contributed by atoms with Gasteiger partial charge in [-0.05, 0) is 32.9 Å². The van der Waals surface area contributed by atoms with Crippen LogP contribution in [0.1, 0.15) is 26.5 Å². The third kappa shape index (κ3) is 4.79. The number of carboxylic acid groups (broad SMARTS) is 1. The van der Waals surface area contributed by atoms with E-state index in [0.717, 1.165) is 4.57 Å². The Morgan fingerprint density at radius 3 is 2.50 bits per heavy atom. The van der Waals surface area contributed by atoms with Gasteiger partial charge in [0.05, 0.1) is 11.9 Å². The van der Waals surface area contributed by atoms with Crippen LogP contribution in [0.5, 0.6) is 0 Å². The monoisotopic (exact) mass is 442 g/mol. The Morgan fingerprint density at radius 2 is 1.91 bits per heavy atom. The zero-order valence-corrected chi connectivity index (χ0v) is 17.9. The average Bonchev–Trinajstić information content (AvgIpc) is 2.71. The van der Waals surface area contributed by atoms with Crippen LogP contribution < -0.4 is 16.6 Å². The molecule has 12 nitrogen and oxygen atoms in total. The standard InChI is InChI=1S/C20H22N6O6/c1-20(2,3)32-18(30)24-14(17(28)29)7-11-5-6-12(8-22-11)26-16(27)13-9-21-10-23-15(13)25(4)19(26)31/h5-6,8-10,14H,7H2,1-4H3,(H,24,30)(H,28,29). The van der Waals surface area contributed by atoms with Gasteiger partial charge in [-0.2, -0.15) is 0 Å². The maximum atomic E-state index is 12.8. The smallest absolute Gasteiger partial charge is 0.408 e. The molecule has 1 atom stereocenters. The number of rotatable bonds is 5. The molecule has 0 radical (unpaired) electrons. The molecule has 0 aromatic carbocycles. The van der Waals surface area contributed by atoms with E-state index >= 15 is 0 Å². The van der Waals surface area contributed by atoms with E-state index in [0.29, 0.717) is 5.69 Å². The van der Waals surface area contributed by atoms with Crippen molar-refractivity contribution in [2.24, 2.45) is 7.05 Å². The van der Waals surface area contributed by atoms with Gasteiger partial charge in [-0.15, -0.1) is 0 Å². The van der Waals surface area contributed by atoms with Crippen molar-refractivity contribution in [1.82, 2.24) is 29.4 Å². The van der Waals surface area contributed by atoms with Crippen LogP contribution in [-0.2, 0) is 23.0 Å². The van der Waals surface area contributed by atoms with Crippen molar-refractivity contribution in [3.63, 3.8) is 0 Å². The van der Waals surface area contributed by atoms with Gasteiger partial charge in [-0.1, -0.05) is 0 Å². The SMILES string of the molecule is Cn1c(=O)n(-c2ccc(CC(NC(=O)OC(C)(C)C)C(=O)O)nc2)c(=O)c2cncnc21. The Labute approximate surface area is 181 Å². The largest absolute Gasteiger partial charge is 0.480 e. The van der Waals surface area contributed by atoms with Gasteiger partial charge in [0.25, 0.3) is 5.56 Å². The predicted octanol–water partition coefficient (Wildman–Crippen LogP) is 0.395. The maximum Gasteiger partial charge on any atom is 0.408 e. The molecule has 3 heterocycles. The van der Waals surface area contributed by atoms with Crippen LogP contribution >= 0.6 is 0 Å². The van der Waals surface area contributed by atoms with E-state index in [-0.39, 0.29) is 23.1 Å². The fourth-order valence-electron chi connectivity index (χ4n) is 2.95. The molecular formula is C20H22N6O6. The van der Waals surface area contributed by atoms with Crippen LogP contribution in [0.2, 0.25) is 0 Å². The number of alkyl carbamates (subject to hydrolysis) is 1. The summed E-state index contributed by atoms with van der Waals surface area (Å²) in [6.07, 6.45) is 2.84. The first-order valence-corrected chi connectivity index (χ1v) is 9.57. The highest BCUT2D eigenvalue weighted by Crippen LogP contribution is 2.10. The molecule has 168 valence electrons. The zero-order chi connectivity index (χ0) is 23.6. The minimum absolute atomic E-state index is 0.132. The molecule has 0 spiro atoms. The highest BCUT2D eigenvalue weighted by molar-refractivity contribution is 5.80. The van der Waals surface area contributed by atoms with Crippen LogP contribution in [0.25, 0.3) is 16.7 Å². The molecule has 2 N–H and O–H groups in total. The molecule has 0 saturated heterocycles. The number of hydrogen-bond donors (Lipinski definition) is 2. The average molecular weight is 442 g/mol. The lowest BCUT2D eigenvalue weighted by atomic mass is 10.1. The van der Waals surface area contributed by atoms with Crippen molar-refractivity contribution in [2.75, 3.05) is 0 Å². The zero-order valence-electron chi connectivity index (χ0n) is 17.9. The van der Waals surface area contributed by atoms with Gasteiger partial charge in [-0.3, -0.25) is 14.3 Å². The molecule has 0 aliphatic heterocycles. The molecule has 0 aliphatic carbocycles. The first-order valence-electron chi connectivity index (χ1n) is 9.57. The fourth-order valence-corrected chi connectivity index (χ4v) is 2.95. The maximum absolute atomic E-state index is 12.8. The summed E-state index contributed by atoms with van der Waals surface area (Å²) in [6.45, 7) is 4.98. The molecule has 1 unspecified atom stereocenters. The lowest BCUT2D eigenvalue weighted by molar-refractivity contribution is -0.139. The molecule has 1 amide bonds. The number of aromatic nitrogens is 5. The van der Waals surface area contributed by atoms with Gasteiger partial charge in [0.2, 0.25) is 0 Å². The lowest BCUT2D eigenvalue weighted by Crippen LogP contribution is -2.44. The Hall–Kier alpha value is -4.09. The van der Waals surface area contributed by atoms with Crippen LogP contribution in [-0.4, -0.2) is 52.9 Å². The Bertz CT molecular complexity index is 1290. The van der Waals surface area contributed by atoms with Gasteiger partial charge >= 0.3 is 17.8 Å². The minimum Gasteiger partial charge on any atom is -0.480 e. The quantitative estimate of drug-likeness (QED) is 0.570. The first kappa shape index (κ1) is 22.6. The Balaban J connectivity index is 1.88. The number of carbonyl (C=O) groups is 2. The third-order valence-electron chi connectivity index (χ3n) is 4.39. The number of fused-ring (bicyclic) bond motifs is 1. The topological polar surface area (TPSA) is 158 Å².